The van der Waals surface area contributed by atoms with E-state index in [0.29, 0.717) is 12.0 Å². The van der Waals surface area contributed by atoms with E-state index in [-0.39, 0.29) is 17.9 Å². The first-order valence-corrected chi connectivity index (χ1v) is 6.67. The fraction of sp³-hybridized carbons (Fsp3) is 0.294. The highest BCUT2D eigenvalue weighted by Crippen LogP contribution is 2.22. The predicted molar refractivity (Wildman–Crippen MR) is 78.9 cm³/mol. The van der Waals surface area contributed by atoms with Gasteiger partial charge in [-0.15, -0.1) is 0 Å². The Morgan fingerprint density at radius 1 is 1.15 bits per heavy atom. The highest BCUT2D eigenvalue weighted by atomic mass is 16.5. The molecule has 0 N–H and O–H groups in total. The number of hydrogen-bond donors (Lipinski definition) is 0. The molecule has 3 nitrogen and oxygen atoms in total. The molecule has 2 aromatic carbocycles. The zero-order valence-electron chi connectivity index (χ0n) is 12.0. The van der Waals surface area contributed by atoms with Crippen LogP contribution in [0.2, 0.25) is 0 Å². The molecule has 0 amide bonds. The lowest BCUT2D eigenvalue weighted by atomic mass is 9.97. The molecule has 0 radical (unpaired) electrons. The first-order chi connectivity index (χ1) is 9.47. The summed E-state index contributed by atoms with van der Waals surface area (Å²) >= 11 is 0. The van der Waals surface area contributed by atoms with Crippen molar-refractivity contribution < 1.29 is 14.3 Å². The number of ketones is 1. The van der Waals surface area contributed by atoms with E-state index >= 15 is 0 Å². The minimum Gasteiger partial charge on any atom is -0.463 e. The molecule has 20 heavy (non-hydrogen) atoms. The SMILES string of the molecule is CC(=O)OC(C)Cc1cccc2ccc(C(C)=O)cc12. The van der Waals surface area contributed by atoms with Crippen molar-refractivity contribution in [3.05, 3.63) is 47.5 Å². The molecule has 1 atom stereocenters. The summed E-state index contributed by atoms with van der Waals surface area (Å²) in [5.74, 6) is -0.225. The largest absolute Gasteiger partial charge is 0.463 e. The Balaban J connectivity index is 2.39. The van der Waals surface area contributed by atoms with Gasteiger partial charge in [-0.1, -0.05) is 30.3 Å². The maximum Gasteiger partial charge on any atom is 0.302 e. The van der Waals surface area contributed by atoms with E-state index in [4.69, 9.17) is 4.74 Å². The summed E-state index contributed by atoms with van der Waals surface area (Å²) in [5.41, 5.74) is 1.78. The summed E-state index contributed by atoms with van der Waals surface area (Å²) in [6, 6.07) is 11.7. The van der Waals surface area contributed by atoms with Gasteiger partial charge >= 0.3 is 5.97 Å². The van der Waals surface area contributed by atoms with Gasteiger partial charge < -0.3 is 4.74 Å². The zero-order chi connectivity index (χ0) is 14.7. The molecule has 0 aromatic heterocycles. The van der Waals surface area contributed by atoms with Crippen LogP contribution in [0.15, 0.2) is 36.4 Å². The van der Waals surface area contributed by atoms with Gasteiger partial charge in [-0.3, -0.25) is 9.59 Å². The normalized spacial score (nSPS) is 12.2. The second kappa shape index (κ2) is 5.87. The first kappa shape index (κ1) is 14.3. The van der Waals surface area contributed by atoms with Gasteiger partial charge in [0.1, 0.15) is 6.10 Å². The van der Waals surface area contributed by atoms with Crippen LogP contribution in [0.5, 0.6) is 0 Å². The van der Waals surface area contributed by atoms with E-state index < -0.39 is 0 Å². The average molecular weight is 270 g/mol. The van der Waals surface area contributed by atoms with Gasteiger partial charge in [0.25, 0.3) is 0 Å². The van der Waals surface area contributed by atoms with Crippen molar-refractivity contribution in [3.8, 4) is 0 Å². The molecule has 0 saturated carbocycles. The summed E-state index contributed by atoms with van der Waals surface area (Å²) in [4.78, 5) is 22.5. The predicted octanol–water partition coefficient (Wildman–Crippen LogP) is 3.54. The molecule has 0 heterocycles. The maximum atomic E-state index is 11.5. The van der Waals surface area contributed by atoms with Gasteiger partial charge in [0.2, 0.25) is 0 Å². The van der Waals surface area contributed by atoms with Gasteiger partial charge in [-0.05, 0) is 36.2 Å². The smallest absolute Gasteiger partial charge is 0.302 e. The van der Waals surface area contributed by atoms with Crippen molar-refractivity contribution in [1.82, 2.24) is 0 Å². The number of fused-ring (bicyclic) bond motifs is 1. The zero-order valence-corrected chi connectivity index (χ0v) is 12.0. The molecule has 2 aromatic rings. The van der Waals surface area contributed by atoms with Gasteiger partial charge in [0, 0.05) is 18.9 Å². The van der Waals surface area contributed by atoms with Crippen LogP contribution in [0.25, 0.3) is 10.8 Å². The molecule has 1 unspecified atom stereocenters. The third kappa shape index (κ3) is 3.23. The second-order valence-electron chi connectivity index (χ2n) is 5.03. The number of ether oxygens (including phenoxy) is 1. The Hall–Kier alpha value is -2.16. The van der Waals surface area contributed by atoms with Crippen molar-refractivity contribution >= 4 is 22.5 Å². The Morgan fingerprint density at radius 2 is 1.90 bits per heavy atom. The van der Waals surface area contributed by atoms with Crippen molar-refractivity contribution in [2.75, 3.05) is 0 Å². The van der Waals surface area contributed by atoms with E-state index in [1.807, 2.05) is 43.3 Å². The molecule has 0 aliphatic rings. The number of esters is 1. The van der Waals surface area contributed by atoms with Gasteiger partial charge in [-0.2, -0.15) is 0 Å². The van der Waals surface area contributed by atoms with E-state index in [0.717, 1.165) is 16.3 Å². The quantitative estimate of drug-likeness (QED) is 0.630. The molecular formula is C17H18O3. The molecule has 0 fully saturated rings. The van der Waals surface area contributed by atoms with Crippen molar-refractivity contribution in [2.45, 2.75) is 33.3 Å². The van der Waals surface area contributed by atoms with Crippen LogP contribution in [0, 0.1) is 0 Å². The minimum atomic E-state index is -0.276. The summed E-state index contributed by atoms with van der Waals surface area (Å²) < 4.78 is 5.17. The van der Waals surface area contributed by atoms with Gasteiger partial charge in [0.05, 0.1) is 0 Å². The molecular weight excluding hydrogens is 252 g/mol. The number of rotatable bonds is 4. The van der Waals surface area contributed by atoms with Crippen molar-refractivity contribution in [2.24, 2.45) is 0 Å². The average Bonchev–Trinajstić information content (AvgIpc) is 2.37. The Labute approximate surface area is 118 Å². The number of carbonyl (C=O) groups is 2. The van der Waals surface area contributed by atoms with E-state index in [2.05, 4.69) is 0 Å². The summed E-state index contributed by atoms with van der Waals surface area (Å²) in [6.45, 7) is 4.84. The summed E-state index contributed by atoms with van der Waals surface area (Å²) in [5, 5.41) is 2.13. The second-order valence-corrected chi connectivity index (χ2v) is 5.03. The lowest BCUT2D eigenvalue weighted by Crippen LogP contribution is -2.15. The fourth-order valence-corrected chi connectivity index (χ4v) is 2.37. The molecule has 3 heteroatoms. The van der Waals surface area contributed by atoms with Crippen LogP contribution in [-0.2, 0) is 16.0 Å². The molecule has 0 bridgehead atoms. The first-order valence-electron chi connectivity index (χ1n) is 6.67. The van der Waals surface area contributed by atoms with E-state index in [1.54, 1.807) is 6.92 Å². The van der Waals surface area contributed by atoms with Crippen molar-refractivity contribution in [3.63, 3.8) is 0 Å². The number of Topliss-reactive ketones (excluding diaryl/α,β-unsaturated/α-hetero) is 1. The molecule has 0 saturated heterocycles. The topological polar surface area (TPSA) is 43.4 Å². The number of carbonyl (C=O) groups excluding carboxylic acids is 2. The Morgan fingerprint density at radius 3 is 2.55 bits per heavy atom. The molecule has 0 spiro atoms. The standard InChI is InChI=1S/C17H18O3/c1-11(20-13(3)19)9-16-6-4-5-14-7-8-15(12(2)18)10-17(14)16/h4-8,10-11H,9H2,1-3H3. The van der Waals surface area contributed by atoms with E-state index in [9.17, 15) is 9.59 Å². The van der Waals surface area contributed by atoms with Crippen LogP contribution >= 0.6 is 0 Å². The van der Waals surface area contributed by atoms with Crippen LogP contribution in [0.4, 0.5) is 0 Å². The van der Waals surface area contributed by atoms with Crippen LogP contribution < -0.4 is 0 Å². The van der Waals surface area contributed by atoms with Crippen molar-refractivity contribution in [1.29, 1.82) is 0 Å². The number of hydrogen-bond acceptors (Lipinski definition) is 3. The van der Waals surface area contributed by atoms with Crippen LogP contribution in [0.1, 0.15) is 36.7 Å². The van der Waals surface area contributed by atoms with E-state index in [1.165, 1.54) is 6.92 Å². The summed E-state index contributed by atoms with van der Waals surface area (Å²) in [6.07, 6.45) is 0.456. The molecule has 0 aliphatic heterocycles. The monoisotopic (exact) mass is 270 g/mol. The highest BCUT2D eigenvalue weighted by molar-refractivity contribution is 5.99. The molecule has 104 valence electrons. The third-order valence-electron chi connectivity index (χ3n) is 3.25. The lowest BCUT2D eigenvalue weighted by molar-refractivity contribution is -0.145. The highest BCUT2D eigenvalue weighted by Gasteiger charge is 2.10. The number of benzene rings is 2. The third-order valence-corrected chi connectivity index (χ3v) is 3.25. The molecule has 2 rings (SSSR count). The Kier molecular flexibility index (Phi) is 4.18. The van der Waals surface area contributed by atoms with Crippen LogP contribution in [0.3, 0.4) is 0 Å². The lowest BCUT2D eigenvalue weighted by Gasteiger charge is -2.14. The van der Waals surface area contributed by atoms with Gasteiger partial charge in [-0.25, -0.2) is 0 Å². The maximum absolute atomic E-state index is 11.5. The molecule has 0 aliphatic carbocycles. The van der Waals surface area contributed by atoms with Gasteiger partial charge in [0.15, 0.2) is 5.78 Å². The summed E-state index contributed by atoms with van der Waals surface area (Å²) in [7, 11) is 0. The minimum absolute atomic E-state index is 0.0507. The Bertz CT molecular complexity index is 658. The fourth-order valence-electron chi connectivity index (χ4n) is 2.37. The van der Waals surface area contributed by atoms with Crippen LogP contribution in [-0.4, -0.2) is 17.9 Å².